The van der Waals surface area contributed by atoms with Crippen molar-refractivity contribution in [3.8, 4) is 17.6 Å². The number of nitrogens with two attached hydrogens (primary N) is 1. The van der Waals surface area contributed by atoms with Crippen LogP contribution in [-0.2, 0) is 9.59 Å². The molecular formula is C29H28N6O4S2. The fourth-order valence-electron chi connectivity index (χ4n) is 5.08. The molecule has 0 fully saturated rings. The number of benzene rings is 2. The Bertz CT molecular complexity index is 1620. The Morgan fingerprint density at radius 2 is 2.05 bits per heavy atom. The van der Waals surface area contributed by atoms with Gasteiger partial charge in [0.05, 0.1) is 37.5 Å². The van der Waals surface area contributed by atoms with E-state index in [0.29, 0.717) is 57.1 Å². The summed E-state index contributed by atoms with van der Waals surface area (Å²) in [4.78, 5) is 27.6. The quantitative estimate of drug-likeness (QED) is 0.349. The predicted octanol–water partition coefficient (Wildman–Crippen LogP) is 4.90. The molecular weight excluding hydrogens is 560 g/mol. The Morgan fingerprint density at radius 1 is 1.22 bits per heavy atom. The molecule has 0 saturated heterocycles. The van der Waals surface area contributed by atoms with Crippen LogP contribution in [0.1, 0.15) is 36.3 Å². The summed E-state index contributed by atoms with van der Waals surface area (Å²) in [6.45, 7) is 1.96. The number of Topliss-reactive ketones (excluding diaryl/α,β-unsaturated/α-hetero) is 1. The predicted molar refractivity (Wildman–Crippen MR) is 158 cm³/mol. The third-order valence-electron chi connectivity index (χ3n) is 6.88. The lowest BCUT2D eigenvalue weighted by molar-refractivity contribution is -0.116. The van der Waals surface area contributed by atoms with Crippen LogP contribution in [0.5, 0.6) is 11.5 Å². The first-order valence-corrected chi connectivity index (χ1v) is 14.7. The SMILES string of the molecule is COc1ccc(OC)c(C2C(C#N)=C(N)N(c3nnc(SCC(=O)Nc4cccc(C)c4)s3)C3=C2C(=O)CCC3)c1. The van der Waals surface area contributed by atoms with Crippen LogP contribution in [-0.4, -0.2) is 41.9 Å². The molecule has 1 aromatic heterocycles. The van der Waals surface area contributed by atoms with Crippen LogP contribution in [0.2, 0.25) is 0 Å². The highest BCUT2D eigenvalue weighted by Crippen LogP contribution is 2.49. The Hall–Kier alpha value is -4.34. The van der Waals surface area contributed by atoms with Crippen molar-refractivity contribution in [1.29, 1.82) is 5.26 Å². The number of allylic oxidation sites excluding steroid dienone is 3. The Balaban J connectivity index is 1.47. The van der Waals surface area contributed by atoms with Gasteiger partial charge in [-0.3, -0.25) is 14.5 Å². The minimum atomic E-state index is -0.712. The van der Waals surface area contributed by atoms with Crippen molar-refractivity contribution in [3.63, 3.8) is 0 Å². The minimum absolute atomic E-state index is 0.0571. The lowest BCUT2D eigenvalue weighted by atomic mass is 9.75. The second kappa shape index (κ2) is 12.0. The molecule has 1 aliphatic carbocycles. The molecule has 41 heavy (non-hydrogen) atoms. The molecule has 1 aliphatic heterocycles. The number of anilines is 2. The largest absolute Gasteiger partial charge is 0.497 e. The number of ketones is 1. The molecule has 3 N–H and O–H groups in total. The van der Waals surface area contributed by atoms with E-state index in [9.17, 15) is 14.9 Å². The minimum Gasteiger partial charge on any atom is -0.497 e. The zero-order chi connectivity index (χ0) is 29.1. The molecule has 10 nitrogen and oxygen atoms in total. The number of amides is 1. The summed E-state index contributed by atoms with van der Waals surface area (Å²) in [6.07, 6.45) is 1.58. The fourth-order valence-corrected chi connectivity index (χ4v) is 6.76. The number of carbonyl (C=O) groups excluding carboxylic acids is 2. The average Bonchev–Trinajstić information content (AvgIpc) is 3.43. The van der Waals surface area contributed by atoms with E-state index in [4.69, 9.17) is 15.2 Å². The number of nitrogens with zero attached hydrogens (tertiary/aromatic N) is 4. The maximum Gasteiger partial charge on any atom is 0.234 e. The summed E-state index contributed by atoms with van der Waals surface area (Å²) >= 11 is 2.50. The second-order valence-corrected chi connectivity index (χ2v) is 11.7. The van der Waals surface area contributed by atoms with Gasteiger partial charge in [-0.25, -0.2) is 0 Å². The lowest BCUT2D eigenvalue weighted by Crippen LogP contribution is -2.38. The monoisotopic (exact) mass is 588 g/mol. The zero-order valence-corrected chi connectivity index (χ0v) is 24.4. The van der Waals surface area contributed by atoms with Crippen LogP contribution in [0.3, 0.4) is 0 Å². The molecule has 2 aromatic carbocycles. The Morgan fingerprint density at radius 3 is 2.78 bits per heavy atom. The molecule has 12 heteroatoms. The van der Waals surface area contributed by atoms with Crippen LogP contribution >= 0.6 is 23.1 Å². The fraction of sp³-hybridized carbons (Fsp3) is 0.276. The maximum absolute atomic E-state index is 13.5. The third kappa shape index (κ3) is 5.64. The summed E-state index contributed by atoms with van der Waals surface area (Å²) in [5.41, 5.74) is 10.5. The average molecular weight is 589 g/mol. The first-order chi connectivity index (χ1) is 19.8. The second-order valence-electron chi connectivity index (χ2n) is 9.48. The van der Waals surface area contributed by atoms with E-state index in [1.165, 1.54) is 23.1 Å². The maximum atomic E-state index is 13.5. The molecule has 0 radical (unpaired) electrons. The van der Waals surface area contributed by atoms with E-state index in [1.807, 2.05) is 31.2 Å². The molecule has 210 valence electrons. The van der Waals surface area contributed by atoms with Gasteiger partial charge in [-0.15, -0.1) is 10.2 Å². The number of carbonyl (C=O) groups is 2. The number of ether oxygens (including phenoxy) is 2. The number of aryl methyl sites for hydroxylation is 1. The van der Waals surface area contributed by atoms with Gasteiger partial charge >= 0.3 is 0 Å². The molecule has 3 aromatic rings. The number of methoxy groups -OCH3 is 2. The summed E-state index contributed by atoms with van der Waals surface area (Å²) in [5.74, 6) is 0.478. The van der Waals surface area contributed by atoms with Gasteiger partial charge < -0.3 is 20.5 Å². The number of nitriles is 1. The summed E-state index contributed by atoms with van der Waals surface area (Å²) in [5, 5.41) is 22.2. The number of hydrogen-bond acceptors (Lipinski definition) is 11. The van der Waals surface area contributed by atoms with Crippen molar-refractivity contribution in [3.05, 3.63) is 76.3 Å². The molecule has 2 heterocycles. The summed E-state index contributed by atoms with van der Waals surface area (Å²) < 4.78 is 11.6. The first-order valence-electron chi connectivity index (χ1n) is 12.9. The van der Waals surface area contributed by atoms with E-state index in [-0.39, 0.29) is 28.8 Å². The molecule has 0 spiro atoms. The van der Waals surface area contributed by atoms with Crippen LogP contribution in [0.25, 0.3) is 0 Å². The molecule has 0 bridgehead atoms. The Labute approximate surface area is 245 Å². The number of rotatable bonds is 8. The normalized spacial score (nSPS) is 16.8. The van der Waals surface area contributed by atoms with Crippen LogP contribution in [0, 0.1) is 18.3 Å². The van der Waals surface area contributed by atoms with E-state index in [2.05, 4.69) is 21.6 Å². The van der Waals surface area contributed by atoms with Crippen molar-refractivity contribution in [2.45, 2.75) is 36.4 Å². The van der Waals surface area contributed by atoms with E-state index < -0.39 is 5.92 Å². The van der Waals surface area contributed by atoms with Crippen LogP contribution in [0.4, 0.5) is 10.8 Å². The van der Waals surface area contributed by atoms with Gasteiger partial charge in [-0.1, -0.05) is 35.2 Å². The molecule has 5 rings (SSSR count). The van der Waals surface area contributed by atoms with Gasteiger partial charge in [0.1, 0.15) is 17.3 Å². The van der Waals surface area contributed by atoms with Crippen LogP contribution < -0.4 is 25.4 Å². The molecule has 0 saturated carbocycles. The smallest absolute Gasteiger partial charge is 0.234 e. The van der Waals surface area contributed by atoms with E-state index in [1.54, 1.807) is 37.3 Å². The van der Waals surface area contributed by atoms with Crippen molar-refractivity contribution in [1.82, 2.24) is 10.2 Å². The van der Waals surface area contributed by atoms with Gasteiger partial charge in [0.25, 0.3) is 0 Å². The molecule has 1 atom stereocenters. The number of hydrogen-bond donors (Lipinski definition) is 2. The molecule has 1 amide bonds. The van der Waals surface area contributed by atoms with Crippen molar-refractivity contribution in [2.75, 3.05) is 30.2 Å². The number of aromatic nitrogens is 2. The Kier molecular flexibility index (Phi) is 8.28. The van der Waals surface area contributed by atoms with Crippen molar-refractivity contribution in [2.24, 2.45) is 5.73 Å². The van der Waals surface area contributed by atoms with Gasteiger partial charge in [0.15, 0.2) is 10.1 Å². The summed E-state index contributed by atoms with van der Waals surface area (Å²) in [6, 6.07) is 15.1. The van der Waals surface area contributed by atoms with E-state index in [0.717, 1.165) is 11.3 Å². The topological polar surface area (TPSA) is 143 Å². The third-order valence-corrected chi connectivity index (χ3v) is 8.92. The van der Waals surface area contributed by atoms with Crippen molar-refractivity contribution >= 4 is 45.6 Å². The highest BCUT2D eigenvalue weighted by molar-refractivity contribution is 8.01. The number of thioether (sulfide) groups is 1. The van der Waals surface area contributed by atoms with Gasteiger partial charge in [-0.2, -0.15) is 5.26 Å². The zero-order valence-electron chi connectivity index (χ0n) is 22.8. The van der Waals surface area contributed by atoms with Gasteiger partial charge in [0, 0.05) is 28.9 Å². The number of nitrogens with one attached hydrogen (secondary N) is 1. The van der Waals surface area contributed by atoms with Crippen LogP contribution in [0.15, 0.2) is 69.5 Å². The molecule has 2 aliphatic rings. The van der Waals surface area contributed by atoms with Gasteiger partial charge in [-0.05, 0) is 55.7 Å². The lowest BCUT2D eigenvalue weighted by Gasteiger charge is -2.38. The standard InChI is InChI=1S/C29H28N6O4S2/c1-16-6-4-7-17(12-16)32-24(37)15-40-29-34-33-28(41-29)35-21-8-5-9-22(36)26(21)25(20(14-30)27(35)31)19-13-18(38-2)10-11-23(19)39-3/h4,6-7,10-13,25H,5,8-9,15,31H2,1-3H3,(H,32,37). The highest BCUT2D eigenvalue weighted by atomic mass is 32.2. The first kappa shape index (κ1) is 28.2. The van der Waals surface area contributed by atoms with Crippen molar-refractivity contribution < 1.29 is 19.1 Å². The molecule has 1 unspecified atom stereocenters. The highest BCUT2D eigenvalue weighted by Gasteiger charge is 2.42. The van der Waals surface area contributed by atoms with Gasteiger partial charge in [0.2, 0.25) is 11.0 Å². The van der Waals surface area contributed by atoms with E-state index >= 15 is 0 Å². The summed E-state index contributed by atoms with van der Waals surface area (Å²) in [7, 11) is 3.09.